The summed E-state index contributed by atoms with van der Waals surface area (Å²) >= 11 is 1.51. The second kappa shape index (κ2) is 7.85. The van der Waals surface area contributed by atoms with E-state index in [0.29, 0.717) is 12.2 Å². The minimum absolute atomic E-state index is 0.221. The first kappa shape index (κ1) is 17.0. The van der Waals surface area contributed by atoms with Gasteiger partial charge in [-0.1, -0.05) is 12.1 Å². The Morgan fingerprint density at radius 3 is 2.52 bits per heavy atom. The summed E-state index contributed by atoms with van der Waals surface area (Å²) in [5.74, 6) is -1.64. The van der Waals surface area contributed by atoms with Crippen LogP contribution in [0.5, 0.6) is 0 Å². The SMILES string of the molecule is O=C(Nc1c(F)cccc1F)N(Cc1ccsc1)Cc1ccccn1. The first-order valence-corrected chi connectivity index (χ1v) is 8.48. The number of urea groups is 1. The molecule has 2 amide bonds. The number of pyridine rings is 1. The van der Waals surface area contributed by atoms with Crippen molar-refractivity contribution in [3.05, 3.63) is 82.3 Å². The number of thiophene rings is 1. The highest BCUT2D eigenvalue weighted by Gasteiger charge is 2.19. The molecule has 3 aromatic rings. The highest BCUT2D eigenvalue weighted by molar-refractivity contribution is 7.07. The van der Waals surface area contributed by atoms with Crippen LogP contribution in [0.25, 0.3) is 0 Å². The molecule has 0 bridgehead atoms. The van der Waals surface area contributed by atoms with Crippen LogP contribution < -0.4 is 5.32 Å². The van der Waals surface area contributed by atoms with Crippen LogP contribution in [0.1, 0.15) is 11.3 Å². The first-order valence-electron chi connectivity index (χ1n) is 7.54. The molecule has 0 saturated heterocycles. The molecule has 0 aliphatic carbocycles. The van der Waals surface area contributed by atoms with Gasteiger partial charge < -0.3 is 10.2 Å². The first-order chi connectivity index (χ1) is 12.1. The number of halogens is 2. The van der Waals surface area contributed by atoms with Gasteiger partial charge in [-0.15, -0.1) is 0 Å². The number of anilines is 1. The molecule has 0 aliphatic heterocycles. The topological polar surface area (TPSA) is 45.2 Å². The van der Waals surface area contributed by atoms with Crippen LogP contribution in [0.15, 0.2) is 59.4 Å². The molecule has 128 valence electrons. The van der Waals surface area contributed by atoms with E-state index >= 15 is 0 Å². The monoisotopic (exact) mass is 359 g/mol. The number of carbonyl (C=O) groups is 1. The molecular weight excluding hydrogens is 344 g/mol. The molecule has 1 aromatic carbocycles. The van der Waals surface area contributed by atoms with Crippen LogP contribution in [0.3, 0.4) is 0 Å². The Morgan fingerprint density at radius 2 is 1.88 bits per heavy atom. The van der Waals surface area contributed by atoms with Gasteiger partial charge in [0.25, 0.3) is 0 Å². The zero-order valence-corrected chi connectivity index (χ0v) is 14.0. The van der Waals surface area contributed by atoms with E-state index in [1.807, 2.05) is 22.9 Å². The summed E-state index contributed by atoms with van der Waals surface area (Å²) in [6, 6.07) is 10.1. The van der Waals surface area contributed by atoms with Gasteiger partial charge in [-0.2, -0.15) is 11.3 Å². The summed E-state index contributed by atoms with van der Waals surface area (Å²) in [5, 5.41) is 6.15. The van der Waals surface area contributed by atoms with Gasteiger partial charge in [0.05, 0.1) is 12.2 Å². The highest BCUT2D eigenvalue weighted by Crippen LogP contribution is 2.20. The van der Waals surface area contributed by atoms with E-state index in [0.717, 1.165) is 17.7 Å². The van der Waals surface area contributed by atoms with E-state index in [9.17, 15) is 13.6 Å². The average molecular weight is 359 g/mol. The normalized spacial score (nSPS) is 10.5. The number of benzene rings is 1. The Labute approximate surface area is 147 Å². The zero-order chi connectivity index (χ0) is 17.6. The molecule has 3 rings (SSSR count). The van der Waals surface area contributed by atoms with Crippen LogP contribution in [0.4, 0.5) is 19.3 Å². The molecule has 2 heterocycles. The number of carbonyl (C=O) groups excluding carboxylic acids is 1. The van der Waals surface area contributed by atoms with Crippen LogP contribution in [0.2, 0.25) is 0 Å². The van der Waals surface area contributed by atoms with E-state index in [1.165, 1.54) is 22.3 Å². The molecule has 1 N–H and O–H groups in total. The summed E-state index contributed by atoms with van der Waals surface area (Å²) in [5.41, 5.74) is 1.16. The van der Waals surface area contributed by atoms with E-state index in [2.05, 4.69) is 10.3 Å². The van der Waals surface area contributed by atoms with Gasteiger partial charge in [0, 0.05) is 12.7 Å². The lowest BCUT2D eigenvalue weighted by atomic mass is 10.2. The van der Waals surface area contributed by atoms with Crippen molar-refractivity contribution in [2.75, 3.05) is 5.32 Å². The van der Waals surface area contributed by atoms with Crippen LogP contribution in [-0.4, -0.2) is 15.9 Å². The van der Waals surface area contributed by atoms with Crippen LogP contribution in [0, 0.1) is 11.6 Å². The largest absolute Gasteiger partial charge is 0.322 e. The Bertz CT molecular complexity index is 821. The fourth-order valence-electron chi connectivity index (χ4n) is 2.29. The third-order valence-electron chi connectivity index (χ3n) is 3.51. The molecular formula is C18H15F2N3OS. The van der Waals surface area contributed by atoms with E-state index < -0.39 is 23.4 Å². The van der Waals surface area contributed by atoms with Crippen molar-refractivity contribution in [3.63, 3.8) is 0 Å². The molecule has 0 atom stereocenters. The van der Waals surface area contributed by atoms with Crippen molar-refractivity contribution in [3.8, 4) is 0 Å². The smallest absolute Gasteiger partial charge is 0.314 e. The molecule has 25 heavy (non-hydrogen) atoms. The van der Waals surface area contributed by atoms with Gasteiger partial charge in [0.2, 0.25) is 0 Å². The molecule has 0 aliphatic rings. The van der Waals surface area contributed by atoms with Crippen molar-refractivity contribution in [1.29, 1.82) is 0 Å². The minimum Gasteiger partial charge on any atom is -0.314 e. The lowest BCUT2D eigenvalue weighted by Crippen LogP contribution is -2.34. The van der Waals surface area contributed by atoms with Crippen molar-refractivity contribution in [1.82, 2.24) is 9.88 Å². The Kier molecular flexibility index (Phi) is 5.35. The highest BCUT2D eigenvalue weighted by atomic mass is 32.1. The van der Waals surface area contributed by atoms with Gasteiger partial charge in [-0.3, -0.25) is 4.98 Å². The lowest BCUT2D eigenvalue weighted by Gasteiger charge is -2.22. The number of rotatable bonds is 5. The second-order valence-corrected chi connectivity index (χ2v) is 6.12. The third kappa shape index (κ3) is 4.39. The Balaban J connectivity index is 1.81. The number of hydrogen-bond donors (Lipinski definition) is 1. The van der Waals surface area contributed by atoms with Crippen molar-refractivity contribution >= 4 is 23.1 Å². The Morgan fingerprint density at radius 1 is 1.08 bits per heavy atom. The van der Waals surface area contributed by atoms with Gasteiger partial charge in [0.15, 0.2) is 0 Å². The molecule has 0 saturated carbocycles. The average Bonchev–Trinajstić information content (AvgIpc) is 3.11. The molecule has 4 nitrogen and oxygen atoms in total. The lowest BCUT2D eigenvalue weighted by molar-refractivity contribution is 0.205. The maximum Gasteiger partial charge on any atom is 0.322 e. The van der Waals surface area contributed by atoms with Gasteiger partial charge >= 0.3 is 6.03 Å². The third-order valence-corrected chi connectivity index (χ3v) is 4.25. The minimum atomic E-state index is -0.818. The van der Waals surface area contributed by atoms with Crippen LogP contribution >= 0.6 is 11.3 Å². The molecule has 0 spiro atoms. The number of nitrogens with one attached hydrogen (secondary N) is 1. The number of amides is 2. The quantitative estimate of drug-likeness (QED) is 0.720. The fourth-order valence-corrected chi connectivity index (χ4v) is 2.95. The predicted octanol–water partition coefficient (Wildman–Crippen LogP) is 4.66. The molecule has 2 aromatic heterocycles. The summed E-state index contributed by atoms with van der Waals surface area (Å²) in [6.45, 7) is 0.528. The molecule has 0 unspecified atom stereocenters. The van der Waals surface area contributed by atoms with Crippen molar-refractivity contribution in [2.45, 2.75) is 13.1 Å². The van der Waals surface area contributed by atoms with Crippen LogP contribution in [-0.2, 0) is 13.1 Å². The maximum atomic E-state index is 13.8. The summed E-state index contributed by atoms with van der Waals surface area (Å²) in [6.07, 6.45) is 1.63. The Hall–Kier alpha value is -2.80. The van der Waals surface area contributed by atoms with Crippen molar-refractivity contribution < 1.29 is 13.6 Å². The predicted molar refractivity (Wildman–Crippen MR) is 93.2 cm³/mol. The standard InChI is InChI=1S/C18H15F2N3OS/c19-15-5-3-6-16(20)17(15)22-18(24)23(10-13-7-9-25-12-13)11-14-4-1-2-8-21-14/h1-9,12H,10-11H2,(H,22,24). The molecule has 0 fully saturated rings. The number of aromatic nitrogens is 1. The number of para-hydroxylation sites is 1. The van der Waals surface area contributed by atoms with Crippen molar-refractivity contribution in [2.24, 2.45) is 0 Å². The maximum absolute atomic E-state index is 13.8. The van der Waals surface area contributed by atoms with Gasteiger partial charge in [0.1, 0.15) is 17.3 Å². The second-order valence-electron chi connectivity index (χ2n) is 5.34. The summed E-state index contributed by atoms with van der Waals surface area (Å²) < 4.78 is 27.6. The molecule has 7 heteroatoms. The zero-order valence-electron chi connectivity index (χ0n) is 13.2. The molecule has 0 radical (unpaired) electrons. The van der Waals surface area contributed by atoms with E-state index in [-0.39, 0.29) is 6.54 Å². The van der Waals surface area contributed by atoms with Gasteiger partial charge in [-0.05, 0) is 46.7 Å². The fraction of sp³-hybridized carbons (Fsp3) is 0.111. The van der Waals surface area contributed by atoms with E-state index in [4.69, 9.17) is 0 Å². The summed E-state index contributed by atoms with van der Waals surface area (Å²) in [4.78, 5) is 18.3. The number of nitrogens with zero attached hydrogens (tertiary/aromatic N) is 2. The van der Waals surface area contributed by atoms with E-state index in [1.54, 1.807) is 18.3 Å². The summed E-state index contributed by atoms with van der Waals surface area (Å²) in [7, 11) is 0. The number of hydrogen-bond acceptors (Lipinski definition) is 3. The van der Waals surface area contributed by atoms with Gasteiger partial charge in [-0.25, -0.2) is 13.6 Å².